The number of furan rings is 1. The molecule has 7 heteroatoms. The Hall–Kier alpha value is -2.95. The summed E-state index contributed by atoms with van der Waals surface area (Å²) in [5.41, 5.74) is 0.821. The van der Waals surface area contributed by atoms with E-state index >= 15 is 0 Å². The Labute approximate surface area is 151 Å². The second-order valence-electron chi connectivity index (χ2n) is 6.35. The molecule has 0 unspecified atom stereocenters. The van der Waals surface area contributed by atoms with Gasteiger partial charge >= 0.3 is 5.97 Å². The van der Waals surface area contributed by atoms with Gasteiger partial charge in [-0.3, -0.25) is 0 Å². The molecular formula is C19H21NO6. The molecule has 1 aromatic carbocycles. The van der Waals surface area contributed by atoms with E-state index in [9.17, 15) is 4.79 Å². The van der Waals surface area contributed by atoms with Crippen molar-refractivity contribution in [1.29, 1.82) is 0 Å². The fourth-order valence-corrected chi connectivity index (χ4v) is 2.11. The lowest BCUT2D eigenvalue weighted by Gasteiger charge is -2.23. The number of hydrogen-bond donors (Lipinski definition) is 2. The Morgan fingerprint density at radius 1 is 1.23 bits per heavy atom. The molecule has 7 nitrogen and oxygen atoms in total. The average molecular weight is 359 g/mol. The molecule has 0 saturated heterocycles. The minimum Gasteiger partial charge on any atom is -0.460 e. The summed E-state index contributed by atoms with van der Waals surface area (Å²) < 4.78 is 10.2. The van der Waals surface area contributed by atoms with Crippen LogP contribution in [-0.2, 0) is 9.78 Å². The highest BCUT2D eigenvalue weighted by Crippen LogP contribution is 2.31. The zero-order chi connectivity index (χ0) is 19.2. The van der Waals surface area contributed by atoms with Gasteiger partial charge in [-0.25, -0.2) is 10.1 Å². The first kappa shape index (κ1) is 19.4. The van der Waals surface area contributed by atoms with Crippen molar-refractivity contribution in [3.8, 4) is 17.6 Å². The highest BCUT2D eigenvalue weighted by Gasteiger charge is 2.16. The van der Waals surface area contributed by atoms with Crippen LogP contribution >= 0.6 is 0 Å². The first-order valence-electron chi connectivity index (χ1n) is 8.02. The zero-order valence-electron chi connectivity index (χ0n) is 15.1. The van der Waals surface area contributed by atoms with Crippen LogP contribution in [0.5, 0.6) is 5.75 Å². The molecule has 0 aliphatic carbocycles. The van der Waals surface area contributed by atoms with E-state index in [1.165, 1.54) is 6.07 Å². The molecule has 2 aromatic rings. The van der Waals surface area contributed by atoms with Crippen LogP contribution in [0.2, 0.25) is 0 Å². The molecule has 2 N–H and O–H groups in total. The lowest BCUT2D eigenvalue weighted by molar-refractivity contribution is -0.438. The minimum atomic E-state index is -0.547. The van der Waals surface area contributed by atoms with E-state index in [-0.39, 0.29) is 29.4 Å². The van der Waals surface area contributed by atoms with Gasteiger partial charge in [0.15, 0.2) is 5.76 Å². The molecule has 0 aliphatic heterocycles. The Balaban J connectivity index is 2.31. The van der Waals surface area contributed by atoms with E-state index in [2.05, 4.69) is 22.2 Å². The summed E-state index contributed by atoms with van der Waals surface area (Å²) in [6.07, 6.45) is 0. The van der Waals surface area contributed by atoms with Crippen LogP contribution in [0.3, 0.4) is 0 Å². The second kappa shape index (κ2) is 8.43. The summed E-state index contributed by atoms with van der Waals surface area (Å²) in [5.74, 6) is 5.72. The highest BCUT2D eigenvalue weighted by atomic mass is 17.5. The minimum absolute atomic E-state index is 0.0782. The molecule has 1 heterocycles. The Bertz CT molecular complexity index is 823. The molecular weight excluding hydrogens is 338 g/mol. The van der Waals surface area contributed by atoms with Gasteiger partial charge in [0.25, 0.3) is 0 Å². The smallest absolute Gasteiger partial charge is 0.374 e. The largest absolute Gasteiger partial charge is 0.460 e. The number of anilines is 1. The van der Waals surface area contributed by atoms with Crippen molar-refractivity contribution >= 4 is 11.7 Å². The Morgan fingerprint density at radius 3 is 2.65 bits per heavy atom. The molecule has 138 valence electrons. The van der Waals surface area contributed by atoms with Crippen molar-refractivity contribution in [2.24, 2.45) is 0 Å². The van der Waals surface area contributed by atoms with Gasteiger partial charge in [-0.2, -0.15) is 0 Å². The van der Waals surface area contributed by atoms with Gasteiger partial charge in [0.1, 0.15) is 0 Å². The van der Waals surface area contributed by atoms with E-state index in [4.69, 9.17) is 19.3 Å². The van der Waals surface area contributed by atoms with Gasteiger partial charge in [0.05, 0.1) is 17.9 Å². The number of carbonyl (C=O) groups excluding carboxylic acids is 1. The summed E-state index contributed by atoms with van der Waals surface area (Å²) in [7, 11) is 0. The van der Waals surface area contributed by atoms with Crippen LogP contribution in [0.15, 0.2) is 34.7 Å². The third-order valence-corrected chi connectivity index (χ3v) is 3.05. The summed E-state index contributed by atoms with van der Waals surface area (Å²) in [6, 6.07) is 8.32. The maximum Gasteiger partial charge on any atom is 0.374 e. The molecule has 0 amide bonds. The van der Waals surface area contributed by atoms with Crippen LogP contribution in [-0.4, -0.2) is 23.4 Å². The van der Waals surface area contributed by atoms with Crippen LogP contribution in [0.1, 0.15) is 49.6 Å². The number of rotatable bonds is 5. The predicted molar refractivity (Wildman–Crippen MR) is 94.8 cm³/mol. The topological polar surface area (TPSA) is 90.2 Å². The van der Waals surface area contributed by atoms with Crippen LogP contribution in [0, 0.1) is 11.8 Å². The monoisotopic (exact) mass is 359 g/mol. The summed E-state index contributed by atoms with van der Waals surface area (Å²) in [5, 5.41) is 15.8. The van der Waals surface area contributed by atoms with Gasteiger partial charge in [-0.15, -0.1) is 0 Å². The highest BCUT2D eigenvalue weighted by molar-refractivity contribution is 5.86. The zero-order valence-corrected chi connectivity index (χ0v) is 15.1. The van der Waals surface area contributed by atoms with E-state index in [0.29, 0.717) is 11.3 Å². The van der Waals surface area contributed by atoms with Crippen molar-refractivity contribution in [3.63, 3.8) is 0 Å². The van der Waals surface area contributed by atoms with Crippen molar-refractivity contribution in [2.75, 3.05) is 11.9 Å². The molecule has 0 saturated carbocycles. The van der Waals surface area contributed by atoms with Crippen molar-refractivity contribution in [1.82, 2.24) is 0 Å². The van der Waals surface area contributed by atoms with Crippen molar-refractivity contribution < 1.29 is 29.1 Å². The summed E-state index contributed by atoms with van der Waals surface area (Å²) in [4.78, 5) is 16.5. The van der Waals surface area contributed by atoms with E-state index in [0.717, 1.165) is 0 Å². The third-order valence-electron chi connectivity index (χ3n) is 3.05. The Kier molecular flexibility index (Phi) is 6.28. The molecule has 0 aliphatic rings. The van der Waals surface area contributed by atoms with Crippen LogP contribution < -0.4 is 10.2 Å². The van der Waals surface area contributed by atoms with Crippen molar-refractivity contribution in [2.45, 2.75) is 33.2 Å². The van der Waals surface area contributed by atoms with Crippen molar-refractivity contribution in [3.05, 3.63) is 47.4 Å². The standard InChI is InChI=1S/C19H21NO6/c1-5-23-18(21)16-12-11-14(24-16)10-9-13-7-6-8-15(17(13)25-26-22)20-19(2,3)4/h6-8,11-12,20,22H,5H2,1-4H3. The quantitative estimate of drug-likeness (QED) is 0.363. The maximum absolute atomic E-state index is 11.6. The molecule has 0 radical (unpaired) electrons. The lowest BCUT2D eigenvalue weighted by atomic mass is 10.1. The van der Waals surface area contributed by atoms with Crippen LogP contribution in [0.25, 0.3) is 0 Å². The SMILES string of the molecule is CCOC(=O)c1ccc(C#Cc2cccc(NC(C)(C)C)c2OOO)o1. The normalized spacial score (nSPS) is 10.7. The Morgan fingerprint density at radius 2 is 2.00 bits per heavy atom. The number of ether oxygens (including phenoxy) is 1. The first-order valence-corrected chi connectivity index (χ1v) is 8.02. The number of benzene rings is 1. The van der Waals surface area contributed by atoms with Gasteiger partial charge in [-0.1, -0.05) is 12.0 Å². The number of hydrogen-bond acceptors (Lipinski definition) is 7. The van der Waals surface area contributed by atoms with Gasteiger partial charge < -0.3 is 19.4 Å². The molecule has 1 aromatic heterocycles. The maximum atomic E-state index is 11.6. The fraction of sp³-hybridized carbons (Fsp3) is 0.316. The summed E-state index contributed by atoms with van der Waals surface area (Å²) >= 11 is 0. The molecule has 26 heavy (non-hydrogen) atoms. The second-order valence-corrected chi connectivity index (χ2v) is 6.35. The summed E-state index contributed by atoms with van der Waals surface area (Å²) in [6.45, 7) is 7.92. The number of carbonyl (C=O) groups is 1. The molecule has 2 rings (SSSR count). The van der Waals surface area contributed by atoms with E-state index in [1.54, 1.807) is 31.2 Å². The average Bonchev–Trinajstić information content (AvgIpc) is 3.03. The molecule has 0 spiro atoms. The number of para-hydroxylation sites is 1. The predicted octanol–water partition coefficient (Wildman–Crippen LogP) is 3.85. The van der Waals surface area contributed by atoms with Gasteiger partial charge in [0, 0.05) is 5.54 Å². The molecule has 0 fully saturated rings. The fourth-order valence-electron chi connectivity index (χ4n) is 2.11. The lowest BCUT2D eigenvalue weighted by Crippen LogP contribution is -2.26. The number of nitrogens with one attached hydrogen (secondary N) is 1. The third kappa shape index (κ3) is 5.28. The van der Waals surface area contributed by atoms with Gasteiger partial charge in [-0.05, 0) is 62.9 Å². The van der Waals surface area contributed by atoms with E-state index in [1.807, 2.05) is 20.8 Å². The molecule has 0 atom stereocenters. The van der Waals surface area contributed by atoms with Gasteiger partial charge in [0.2, 0.25) is 11.5 Å². The van der Waals surface area contributed by atoms with E-state index < -0.39 is 5.97 Å². The number of esters is 1. The first-order chi connectivity index (χ1) is 12.3. The molecule has 0 bridgehead atoms. The van der Waals surface area contributed by atoms with Crippen LogP contribution in [0.4, 0.5) is 5.69 Å².